The van der Waals surface area contributed by atoms with E-state index in [1.54, 1.807) is 32.2 Å². The number of alkyl halides is 2. The van der Waals surface area contributed by atoms with Crippen LogP contribution in [0.4, 0.5) is 26.1 Å². The molecule has 0 radical (unpaired) electrons. The smallest absolute Gasteiger partial charge is 0.313 e. The minimum Gasteiger partial charge on any atom is -0.383 e. The van der Waals surface area contributed by atoms with Crippen LogP contribution in [0.25, 0.3) is 0 Å². The molecule has 1 saturated heterocycles. The van der Waals surface area contributed by atoms with Crippen molar-refractivity contribution in [2.24, 2.45) is 5.92 Å². The van der Waals surface area contributed by atoms with Crippen molar-refractivity contribution < 1.29 is 18.4 Å². The summed E-state index contributed by atoms with van der Waals surface area (Å²) in [5.74, 6) is -5.01. The van der Waals surface area contributed by atoms with Crippen molar-refractivity contribution in [3.05, 3.63) is 41.7 Å². The van der Waals surface area contributed by atoms with Gasteiger partial charge in [0.05, 0.1) is 17.9 Å². The number of nitrogens with two attached hydrogens (primary N) is 1. The number of rotatable bonds is 3. The van der Waals surface area contributed by atoms with Gasteiger partial charge in [0.25, 0.3) is 5.92 Å². The third kappa shape index (κ3) is 4.32. The summed E-state index contributed by atoms with van der Waals surface area (Å²) in [6.45, 7) is 2.83. The highest BCUT2D eigenvalue weighted by molar-refractivity contribution is 6.39. The third-order valence-electron chi connectivity index (χ3n) is 5.29. The van der Waals surface area contributed by atoms with Gasteiger partial charge in [0, 0.05) is 32.1 Å². The first-order valence-corrected chi connectivity index (χ1v) is 9.48. The molecule has 10 heteroatoms. The largest absolute Gasteiger partial charge is 0.383 e. The standard InChI is InChI=1S/C20H24F2N6O2/c1-11-6-14(9-26-17(11)23)27-18(29)19(30)28-10-12(2)20(21,22)7-15(28)13-4-5-16(24-3)25-8-13/h4-6,8-9,12,15H,7,10H2,1-3H3,(H2,23,26)(H,24,25)(H,27,29)/t12-,15-/m0/s1. The van der Waals surface area contributed by atoms with Crippen molar-refractivity contribution in [1.82, 2.24) is 14.9 Å². The second-order valence-electron chi connectivity index (χ2n) is 7.45. The number of carbonyl (C=O) groups is 2. The Hall–Kier alpha value is -3.30. The van der Waals surface area contributed by atoms with Gasteiger partial charge in [-0.1, -0.05) is 13.0 Å². The van der Waals surface area contributed by atoms with Crippen molar-refractivity contribution in [3.8, 4) is 0 Å². The highest BCUT2D eigenvalue weighted by Crippen LogP contribution is 2.43. The van der Waals surface area contributed by atoms with Crippen molar-refractivity contribution in [1.29, 1.82) is 0 Å². The highest BCUT2D eigenvalue weighted by atomic mass is 19.3. The van der Waals surface area contributed by atoms with E-state index in [0.717, 1.165) is 0 Å². The number of pyridine rings is 2. The van der Waals surface area contributed by atoms with Crippen LogP contribution < -0.4 is 16.4 Å². The van der Waals surface area contributed by atoms with Crippen LogP contribution in [0.2, 0.25) is 0 Å². The molecule has 1 fully saturated rings. The SMILES string of the molecule is CNc1ccc([C@@H]2CC(F)(F)[C@@H](C)CN2C(=O)C(=O)Nc2cnc(N)c(C)c2)cn1. The van der Waals surface area contributed by atoms with Gasteiger partial charge in [-0.25, -0.2) is 18.7 Å². The molecule has 2 atom stereocenters. The van der Waals surface area contributed by atoms with Crippen LogP contribution in [0, 0.1) is 12.8 Å². The molecule has 0 unspecified atom stereocenters. The van der Waals surface area contributed by atoms with Gasteiger partial charge in [-0.05, 0) is 30.2 Å². The topological polar surface area (TPSA) is 113 Å². The van der Waals surface area contributed by atoms with Crippen LogP contribution in [0.1, 0.15) is 30.5 Å². The average Bonchev–Trinajstić information content (AvgIpc) is 2.72. The minimum absolute atomic E-state index is 0.253. The number of hydrogen-bond donors (Lipinski definition) is 3. The number of nitrogen functional groups attached to an aromatic ring is 1. The Labute approximate surface area is 172 Å². The van der Waals surface area contributed by atoms with E-state index in [0.29, 0.717) is 28.5 Å². The first kappa shape index (κ1) is 21.4. The van der Waals surface area contributed by atoms with E-state index in [2.05, 4.69) is 20.6 Å². The zero-order valence-electron chi connectivity index (χ0n) is 16.9. The van der Waals surface area contributed by atoms with Crippen molar-refractivity contribution >= 4 is 29.1 Å². The number of carbonyl (C=O) groups excluding carboxylic acids is 2. The molecule has 0 spiro atoms. The third-order valence-corrected chi connectivity index (χ3v) is 5.29. The van der Waals surface area contributed by atoms with Crippen molar-refractivity contribution in [2.75, 3.05) is 30.0 Å². The summed E-state index contributed by atoms with van der Waals surface area (Å²) in [5, 5.41) is 5.32. The molecule has 1 aliphatic heterocycles. The molecular formula is C20H24F2N6O2. The first-order chi connectivity index (χ1) is 14.1. The summed E-state index contributed by atoms with van der Waals surface area (Å²) in [5.41, 5.74) is 7.03. The normalized spacial score (nSPS) is 20.5. The van der Waals surface area contributed by atoms with Gasteiger partial charge in [0.1, 0.15) is 11.6 Å². The van der Waals surface area contributed by atoms with E-state index in [1.165, 1.54) is 24.2 Å². The maximum Gasteiger partial charge on any atom is 0.313 e. The Morgan fingerprint density at radius 1 is 1.27 bits per heavy atom. The Morgan fingerprint density at radius 2 is 2.00 bits per heavy atom. The molecule has 0 aromatic carbocycles. The maximum atomic E-state index is 14.5. The number of nitrogens with zero attached hydrogens (tertiary/aromatic N) is 3. The zero-order valence-corrected chi connectivity index (χ0v) is 16.9. The lowest BCUT2D eigenvalue weighted by atomic mass is 9.87. The summed E-state index contributed by atoms with van der Waals surface area (Å²) in [6.07, 6.45) is 2.18. The van der Waals surface area contributed by atoms with E-state index in [1.807, 2.05) is 0 Å². The Morgan fingerprint density at radius 3 is 2.60 bits per heavy atom. The number of halogens is 2. The number of anilines is 3. The molecule has 3 heterocycles. The molecule has 2 aromatic rings. The van der Waals surface area contributed by atoms with Crippen LogP contribution in [0.15, 0.2) is 30.6 Å². The van der Waals surface area contributed by atoms with Crippen molar-refractivity contribution in [2.45, 2.75) is 32.2 Å². The van der Waals surface area contributed by atoms with Crippen LogP contribution in [-0.2, 0) is 9.59 Å². The van der Waals surface area contributed by atoms with E-state index >= 15 is 0 Å². The molecule has 2 aromatic heterocycles. The van der Waals surface area contributed by atoms with Gasteiger partial charge in [-0.3, -0.25) is 9.59 Å². The Bertz CT molecular complexity index is 951. The number of hydrogen-bond acceptors (Lipinski definition) is 6. The number of piperidine rings is 1. The van der Waals surface area contributed by atoms with Gasteiger partial charge in [0.2, 0.25) is 0 Å². The second kappa shape index (κ2) is 8.21. The summed E-state index contributed by atoms with van der Waals surface area (Å²) in [7, 11) is 1.69. The summed E-state index contributed by atoms with van der Waals surface area (Å²) < 4.78 is 28.9. The predicted octanol–water partition coefficient (Wildman–Crippen LogP) is 2.59. The number of likely N-dealkylation sites (tertiary alicyclic amines) is 1. The second-order valence-corrected chi connectivity index (χ2v) is 7.45. The monoisotopic (exact) mass is 418 g/mol. The molecule has 8 nitrogen and oxygen atoms in total. The number of nitrogens with one attached hydrogen (secondary N) is 2. The van der Waals surface area contributed by atoms with E-state index in [-0.39, 0.29) is 6.54 Å². The predicted molar refractivity (Wildman–Crippen MR) is 109 cm³/mol. The molecule has 30 heavy (non-hydrogen) atoms. The summed E-state index contributed by atoms with van der Waals surface area (Å²) >= 11 is 0. The van der Waals surface area contributed by atoms with Gasteiger partial charge in [0.15, 0.2) is 0 Å². The number of amides is 2. The van der Waals surface area contributed by atoms with Gasteiger partial charge in [-0.15, -0.1) is 0 Å². The lowest BCUT2D eigenvalue weighted by molar-refractivity contribution is -0.159. The first-order valence-electron chi connectivity index (χ1n) is 9.48. The maximum absolute atomic E-state index is 14.5. The van der Waals surface area contributed by atoms with Crippen LogP contribution in [-0.4, -0.2) is 46.2 Å². The van der Waals surface area contributed by atoms with Crippen LogP contribution in [0.3, 0.4) is 0 Å². The molecule has 3 rings (SSSR count). The quantitative estimate of drug-likeness (QED) is 0.661. The molecule has 0 bridgehead atoms. The fourth-order valence-corrected chi connectivity index (χ4v) is 3.37. The van der Waals surface area contributed by atoms with Gasteiger partial charge < -0.3 is 21.3 Å². The van der Waals surface area contributed by atoms with E-state index in [4.69, 9.17) is 5.73 Å². The molecule has 2 amide bonds. The Kier molecular flexibility index (Phi) is 5.86. The minimum atomic E-state index is -2.97. The van der Waals surface area contributed by atoms with Crippen LogP contribution in [0.5, 0.6) is 0 Å². The van der Waals surface area contributed by atoms with Gasteiger partial charge in [-0.2, -0.15) is 0 Å². The zero-order chi connectivity index (χ0) is 22.1. The molecule has 1 aliphatic rings. The highest BCUT2D eigenvalue weighted by Gasteiger charge is 2.48. The van der Waals surface area contributed by atoms with Crippen molar-refractivity contribution in [3.63, 3.8) is 0 Å². The van der Waals surface area contributed by atoms with Gasteiger partial charge >= 0.3 is 11.8 Å². The summed E-state index contributed by atoms with van der Waals surface area (Å²) in [6, 6.07) is 3.87. The lowest BCUT2D eigenvalue weighted by Crippen LogP contribution is -2.52. The fourth-order valence-electron chi connectivity index (χ4n) is 3.37. The summed E-state index contributed by atoms with van der Waals surface area (Å²) in [4.78, 5) is 34.8. The Balaban J connectivity index is 1.85. The molecular weight excluding hydrogens is 394 g/mol. The molecule has 4 N–H and O–H groups in total. The lowest BCUT2D eigenvalue weighted by Gasteiger charge is -2.42. The number of aryl methyl sites for hydroxylation is 1. The molecule has 0 saturated carbocycles. The molecule has 160 valence electrons. The fraction of sp³-hybridized carbons (Fsp3) is 0.400. The number of aromatic nitrogens is 2. The van der Waals surface area contributed by atoms with E-state index in [9.17, 15) is 18.4 Å². The molecule has 0 aliphatic carbocycles. The van der Waals surface area contributed by atoms with E-state index < -0.39 is 36.1 Å². The van der Waals surface area contributed by atoms with Crippen LogP contribution >= 0.6 is 0 Å². The average molecular weight is 418 g/mol.